The van der Waals surface area contributed by atoms with E-state index in [9.17, 15) is 13.5 Å². The molecule has 0 unspecified atom stereocenters. The monoisotopic (exact) mass is 201 g/mol. The van der Waals surface area contributed by atoms with E-state index >= 15 is 0 Å². The van der Waals surface area contributed by atoms with Gasteiger partial charge < -0.3 is 10.8 Å². The number of anilines is 1. The van der Waals surface area contributed by atoms with Gasteiger partial charge in [-0.15, -0.1) is 0 Å². The van der Waals surface area contributed by atoms with Gasteiger partial charge in [0, 0.05) is 11.8 Å². The Balaban J connectivity index is 3.33. The Kier molecular flexibility index (Phi) is 2.47. The second-order valence-corrected chi connectivity index (χ2v) is 4.88. The van der Waals surface area contributed by atoms with Crippen LogP contribution in [0.4, 0.5) is 5.69 Å². The molecule has 0 aliphatic carbocycles. The predicted molar refractivity (Wildman–Crippen MR) is 50.2 cm³/mol. The fourth-order valence-electron chi connectivity index (χ4n) is 0.953. The number of nitrogens with two attached hydrogens (primary N) is 1. The van der Waals surface area contributed by atoms with Crippen LogP contribution in [0.15, 0.2) is 23.1 Å². The van der Waals surface area contributed by atoms with E-state index < -0.39 is 9.84 Å². The van der Waals surface area contributed by atoms with Crippen molar-refractivity contribution in [1.82, 2.24) is 0 Å². The van der Waals surface area contributed by atoms with Gasteiger partial charge in [-0.05, 0) is 12.1 Å². The van der Waals surface area contributed by atoms with Crippen molar-refractivity contribution < 1.29 is 13.5 Å². The van der Waals surface area contributed by atoms with Gasteiger partial charge in [0.05, 0.1) is 5.75 Å². The Morgan fingerprint density at radius 2 is 2.08 bits per heavy atom. The van der Waals surface area contributed by atoms with Crippen molar-refractivity contribution in [2.75, 3.05) is 11.5 Å². The first-order chi connectivity index (χ1) is 5.97. The molecular weight excluding hydrogens is 190 g/mol. The quantitative estimate of drug-likeness (QED) is 0.692. The standard InChI is InChI=1S/C8H11NO3S/c1-2-13(11,12)8-4-3-6(9)5-7(8)10/h3-5,10H,2,9H2,1H3. The van der Waals surface area contributed by atoms with Crippen molar-refractivity contribution >= 4 is 15.5 Å². The average Bonchev–Trinajstić information content (AvgIpc) is 2.03. The van der Waals surface area contributed by atoms with E-state index in [0.717, 1.165) is 0 Å². The fourth-order valence-corrected chi connectivity index (χ4v) is 1.92. The number of phenolic OH excluding ortho intramolecular Hbond substituents is 1. The van der Waals surface area contributed by atoms with E-state index in [1.807, 2.05) is 0 Å². The van der Waals surface area contributed by atoms with Crippen LogP contribution in [0, 0.1) is 0 Å². The summed E-state index contributed by atoms with van der Waals surface area (Å²) in [7, 11) is -3.35. The highest BCUT2D eigenvalue weighted by Gasteiger charge is 2.15. The van der Waals surface area contributed by atoms with Crippen molar-refractivity contribution in [3.63, 3.8) is 0 Å². The summed E-state index contributed by atoms with van der Waals surface area (Å²) in [4.78, 5) is -0.0656. The maximum atomic E-state index is 11.3. The van der Waals surface area contributed by atoms with Gasteiger partial charge in [-0.2, -0.15) is 0 Å². The van der Waals surface area contributed by atoms with Crippen LogP contribution in [-0.4, -0.2) is 19.3 Å². The molecule has 0 saturated carbocycles. The molecule has 0 atom stereocenters. The lowest BCUT2D eigenvalue weighted by molar-refractivity contribution is 0.459. The topological polar surface area (TPSA) is 80.4 Å². The van der Waals surface area contributed by atoms with E-state index in [1.54, 1.807) is 0 Å². The second-order valence-electron chi connectivity index (χ2n) is 2.63. The molecule has 3 N–H and O–H groups in total. The lowest BCUT2D eigenvalue weighted by Crippen LogP contribution is -2.04. The summed E-state index contributed by atoms with van der Waals surface area (Å²) in [6.45, 7) is 1.52. The molecule has 13 heavy (non-hydrogen) atoms. The molecule has 0 aromatic heterocycles. The molecular formula is C8H11NO3S. The fraction of sp³-hybridized carbons (Fsp3) is 0.250. The van der Waals surface area contributed by atoms with E-state index in [0.29, 0.717) is 5.69 Å². The summed E-state index contributed by atoms with van der Waals surface area (Å²) in [5, 5.41) is 9.30. The van der Waals surface area contributed by atoms with E-state index in [-0.39, 0.29) is 16.4 Å². The van der Waals surface area contributed by atoms with Gasteiger partial charge in [0.15, 0.2) is 9.84 Å². The van der Waals surface area contributed by atoms with Gasteiger partial charge in [0.2, 0.25) is 0 Å². The zero-order valence-electron chi connectivity index (χ0n) is 7.19. The maximum Gasteiger partial charge on any atom is 0.181 e. The third-order valence-electron chi connectivity index (χ3n) is 1.70. The minimum Gasteiger partial charge on any atom is -0.507 e. The van der Waals surface area contributed by atoms with Crippen molar-refractivity contribution in [3.8, 4) is 5.75 Å². The van der Waals surface area contributed by atoms with Gasteiger partial charge in [-0.1, -0.05) is 6.92 Å². The lowest BCUT2D eigenvalue weighted by atomic mass is 10.3. The minimum atomic E-state index is -3.35. The molecule has 0 saturated heterocycles. The molecule has 1 rings (SSSR count). The Hall–Kier alpha value is -1.23. The first-order valence-electron chi connectivity index (χ1n) is 3.78. The van der Waals surface area contributed by atoms with Gasteiger partial charge in [-0.3, -0.25) is 0 Å². The number of rotatable bonds is 2. The highest BCUT2D eigenvalue weighted by Crippen LogP contribution is 2.25. The summed E-state index contributed by atoms with van der Waals surface area (Å²) >= 11 is 0. The summed E-state index contributed by atoms with van der Waals surface area (Å²) in [6, 6.07) is 3.98. The molecule has 1 aromatic carbocycles. The number of nitrogen functional groups attached to an aromatic ring is 1. The normalized spacial score (nSPS) is 11.5. The Labute approximate surface area is 76.9 Å². The van der Waals surface area contributed by atoms with Crippen LogP contribution in [0.3, 0.4) is 0 Å². The summed E-state index contributed by atoms with van der Waals surface area (Å²) in [5.74, 6) is -0.327. The van der Waals surface area contributed by atoms with Gasteiger partial charge in [-0.25, -0.2) is 8.42 Å². The largest absolute Gasteiger partial charge is 0.507 e. The molecule has 0 radical (unpaired) electrons. The van der Waals surface area contributed by atoms with Crippen LogP contribution in [0.5, 0.6) is 5.75 Å². The molecule has 0 aliphatic rings. The molecule has 0 spiro atoms. The highest BCUT2D eigenvalue weighted by molar-refractivity contribution is 7.91. The van der Waals surface area contributed by atoms with E-state index in [1.165, 1.54) is 25.1 Å². The number of phenols is 1. The van der Waals surface area contributed by atoms with Gasteiger partial charge >= 0.3 is 0 Å². The van der Waals surface area contributed by atoms with Gasteiger partial charge in [0.1, 0.15) is 10.6 Å². The average molecular weight is 201 g/mol. The third kappa shape index (κ3) is 1.92. The Morgan fingerprint density at radius 1 is 1.46 bits per heavy atom. The number of benzene rings is 1. The van der Waals surface area contributed by atoms with E-state index in [2.05, 4.69) is 0 Å². The summed E-state index contributed by atoms with van der Waals surface area (Å²) < 4.78 is 22.7. The van der Waals surface area contributed by atoms with Crippen molar-refractivity contribution in [2.45, 2.75) is 11.8 Å². The number of hydrogen-bond acceptors (Lipinski definition) is 4. The lowest BCUT2D eigenvalue weighted by Gasteiger charge is -2.04. The molecule has 0 fully saturated rings. The Morgan fingerprint density at radius 3 is 2.54 bits per heavy atom. The van der Waals surface area contributed by atoms with Crippen molar-refractivity contribution in [3.05, 3.63) is 18.2 Å². The molecule has 0 amide bonds. The first-order valence-corrected chi connectivity index (χ1v) is 5.44. The van der Waals surface area contributed by atoms with Crippen LogP contribution in [0.1, 0.15) is 6.92 Å². The maximum absolute atomic E-state index is 11.3. The molecule has 72 valence electrons. The van der Waals surface area contributed by atoms with Crippen LogP contribution in [0.2, 0.25) is 0 Å². The predicted octanol–water partition coefficient (Wildman–Crippen LogP) is 0.768. The molecule has 1 aromatic rings. The van der Waals surface area contributed by atoms with Crippen molar-refractivity contribution in [1.29, 1.82) is 0 Å². The van der Waals surface area contributed by atoms with Crippen LogP contribution < -0.4 is 5.73 Å². The second kappa shape index (κ2) is 3.26. The summed E-state index contributed by atoms with van der Waals surface area (Å²) in [6.07, 6.45) is 0. The third-order valence-corrected chi connectivity index (χ3v) is 3.47. The molecule has 0 bridgehead atoms. The zero-order valence-corrected chi connectivity index (χ0v) is 8.00. The molecule has 0 heterocycles. The SMILES string of the molecule is CCS(=O)(=O)c1ccc(N)cc1O. The minimum absolute atomic E-state index is 0.0372. The number of aromatic hydroxyl groups is 1. The molecule has 0 aliphatic heterocycles. The summed E-state index contributed by atoms with van der Waals surface area (Å²) in [5.41, 5.74) is 5.70. The van der Waals surface area contributed by atoms with Crippen LogP contribution in [-0.2, 0) is 9.84 Å². The van der Waals surface area contributed by atoms with Gasteiger partial charge in [0.25, 0.3) is 0 Å². The smallest absolute Gasteiger partial charge is 0.181 e. The van der Waals surface area contributed by atoms with Crippen LogP contribution >= 0.6 is 0 Å². The first kappa shape index (κ1) is 9.85. The molecule has 5 heteroatoms. The highest BCUT2D eigenvalue weighted by atomic mass is 32.2. The van der Waals surface area contributed by atoms with E-state index in [4.69, 9.17) is 5.73 Å². The Bertz CT molecular complexity index is 411. The number of hydrogen-bond donors (Lipinski definition) is 2. The zero-order chi connectivity index (χ0) is 10.1. The van der Waals surface area contributed by atoms with Crippen molar-refractivity contribution in [2.24, 2.45) is 0 Å². The number of sulfone groups is 1. The van der Waals surface area contributed by atoms with Crippen LogP contribution in [0.25, 0.3) is 0 Å². The molecule has 4 nitrogen and oxygen atoms in total.